The summed E-state index contributed by atoms with van der Waals surface area (Å²) in [6.07, 6.45) is 0. The highest BCUT2D eigenvalue weighted by Crippen LogP contribution is 2.39. The molecule has 3 aromatic rings. The molecule has 0 unspecified atom stereocenters. The summed E-state index contributed by atoms with van der Waals surface area (Å²) in [6, 6.07) is 14.3. The number of aromatic hydroxyl groups is 1. The molecule has 6 heteroatoms. The number of phenols is 1. The molecule has 0 saturated heterocycles. The van der Waals surface area contributed by atoms with Crippen molar-refractivity contribution in [2.75, 3.05) is 0 Å². The van der Waals surface area contributed by atoms with E-state index in [1.54, 1.807) is 24.3 Å². The Morgan fingerprint density at radius 1 is 1.04 bits per heavy atom. The quantitative estimate of drug-likeness (QED) is 0.265. The van der Waals surface area contributed by atoms with Crippen LogP contribution in [-0.4, -0.2) is 16.1 Å². The highest BCUT2D eigenvalue weighted by Gasteiger charge is 2.19. The van der Waals surface area contributed by atoms with E-state index in [-0.39, 0.29) is 17.1 Å². The van der Waals surface area contributed by atoms with Gasteiger partial charge in [-0.3, -0.25) is 0 Å². The molecule has 0 aliphatic carbocycles. The molecule has 3 aromatic carbocycles. The summed E-state index contributed by atoms with van der Waals surface area (Å²) in [5.74, 6) is -0.640. The normalized spacial score (nSPS) is 11.6. The summed E-state index contributed by atoms with van der Waals surface area (Å²) < 4.78 is 14.3. The molecular formula is C20H16ClFN2O2. The van der Waals surface area contributed by atoms with Crippen LogP contribution in [0.3, 0.4) is 0 Å². The van der Waals surface area contributed by atoms with E-state index < -0.39 is 5.82 Å². The Morgan fingerprint density at radius 2 is 1.73 bits per heavy atom. The SMILES string of the molecule is Cc1ccc(Cl)cc1-c1c(/C(N)=N/O)cc(F)cc1-c1ccc(O)cc1. The molecule has 0 saturated carbocycles. The predicted octanol–water partition coefficient (Wildman–Crippen LogP) is 4.92. The van der Waals surface area contributed by atoms with Gasteiger partial charge in [0, 0.05) is 16.1 Å². The smallest absolute Gasteiger partial charge is 0.170 e. The van der Waals surface area contributed by atoms with E-state index >= 15 is 0 Å². The first-order valence-corrected chi connectivity index (χ1v) is 8.16. The summed E-state index contributed by atoms with van der Waals surface area (Å²) in [5, 5.41) is 22.2. The number of halogens is 2. The Kier molecular flexibility index (Phi) is 4.82. The minimum absolute atomic E-state index is 0.0993. The van der Waals surface area contributed by atoms with Crippen LogP contribution in [0, 0.1) is 12.7 Å². The average molecular weight is 371 g/mol. The number of hydrogen-bond acceptors (Lipinski definition) is 3. The zero-order valence-electron chi connectivity index (χ0n) is 13.9. The first kappa shape index (κ1) is 17.8. The largest absolute Gasteiger partial charge is 0.508 e. The molecule has 0 aliphatic heterocycles. The third kappa shape index (κ3) is 3.34. The van der Waals surface area contributed by atoms with E-state index in [0.717, 1.165) is 11.1 Å². The lowest BCUT2D eigenvalue weighted by Crippen LogP contribution is -2.15. The van der Waals surface area contributed by atoms with Gasteiger partial charge in [-0.25, -0.2) is 4.39 Å². The Labute approximate surface area is 155 Å². The molecule has 0 atom stereocenters. The number of nitrogens with zero attached hydrogens (tertiary/aromatic N) is 1. The fourth-order valence-electron chi connectivity index (χ4n) is 2.89. The van der Waals surface area contributed by atoms with Crippen molar-refractivity contribution in [3.05, 3.63) is 76.6 Å². The molecule has 4 nitrogen and oxygen atoms in total. The topological polar surface area (TPSA) is 78.8 Å². The van der Waals surface area contributed by atoms with E-state index in [2.05, 4.69) is 5.16 Å². The minimum atomic E-state index is -0.530. The summed E-state index contributed by atoms with van der Waals surface area (Å²) >= 11 is 6.16. The van der Waals surface area contributed by atoms with Crippen molar-refractivity contribution in [1.82, 2.24) is 0 Å². The Balaban J connectivity index is 2.42. The summed E-state index contributed by atoms with van der Waals surface area (Å²) in [5.41, 5.74) is 9.51. The molecule has 0 spiro atoms. The third-order valence-electron chi connectivity index (χ3n) is 4.13. The number of oxime groups is 1. The number of hydrogen-bond donors (Lipinski definition) is 3. The Bertz CT molecular complexity index is 1000. The van der Waals surface area contributed by atoms with Gasteiger partial charge in [-0.15, -0.1) is 0 Å². The second-order valence-electron chi connectivity index (χ2n) is 5.87. The zero-order chi connectivity index (χ0) is 18.8. The molecule has 3 rings (SSSR count). The molecule has 0 amide bonds. The van der Waals surface area contributed by atoms with Gasteiger partial charge in [0.15, 0.2) is 5.84 Å². The van der Waals surface area contributed by atoms with Gasteiger partial charge in [-0.2, -0.15) is 0 Å². The minimum Gasteiger partial charge on any atom is -0.508 e. The molecule has 0 radical (unpaired) electrons. The van der Waals surface area contributed by atoms with Crippen molar-refractivity contribution in [3.63, 3.8) is 0 Å². The van der Waals surface area contributed by atoms with Crippen LogP contribution in [0.1, 0.15) is 11.1 Å². The van der Waals surface area contributed by atoms with Crippen LogP contribution in [0.15, 0.2) is 59.8 Å². The summed E-state index contributed by atoms with van der Waals surface area (Å²) in [7, 11) is 0. The monoisotopic (exact) mass is 370 g/mol. The Morgan fingerprint density at radius 3 is 2.38 bits per heavy atom. The van der Waals surface area contributed by atoms with E-state index in [1.807, 2.05) is 13.0 Å². The van der Waals surface area contributed by atoms with Gasteiger partial charge in [-0.05, 0) is 65.6 Å². The maximum absolute atomic E-state index is 14.3. The van der Waals surface area contributed by atoms with E-state index in [4.69, 9.17) is 22.5 Å². The number of phenolic OH excluding ortho intramolecular Hbond substituents is 1. The van der Waals surface area contributed by atoms with Crippen molar-refractivity contribution < 1.29 is 14.7 Å². The van der Waals surface area contributed by atoms with Gasteiger partial charge in [0.25, 0.3) is 0 Å². The summed E-state index contributed by atoms with van der Waals surface area (Å²) in [4.78, 5) is 0. The van der Waals surface area contributed by atoms with Crippen molar-refractivity contribution in [2.45, 2.75) is 6.92 Å². The Hall–Kier alpha value is -3.05. The van der Waals surface area contributed by atoms with Gasteiger partial charge < -0.3 is 16.0 Å². The molecule has 4 N–H and O–H groups in total. The van der Waals surface area contributed by atoms with Crippen molar-refractivity contribution in [3.8, 4) is 28.0 Å². The highest BCUT2D eigenvalue weighted by molar-refractivity contribution is 6.31. The third-order valence-corrected chi connectivity index (χ3v) is 4.37. The molecule has 26 heavy (non-hydrogen) atoms. The number of rotatable bonds is 3. The number of amidine groups is 1. The number of benzene rings is 3. The van der Waals surface area contributed by atoms with Crippen LogP contribution < -0.4 is 5.73 Å². The van der Waals surface area contributed by atoms with Crippen LogP contribution in [0.25, 0.3) is 22.3 Å². The summed E-state index contributed by atoms with van der Waals surface area (Å²) in [6.45, 7) is 1.89. The molecule has 0 aromatic heterocycles. The molecule has 0 heterocycles. The standard InChI is InChI=1S/C20H16ClFN2O2/c1-11-2-5-13(21)8-16(11)19-17(12-3-6-15(25)7-4-12)9-14(22)10-18(19)20(23)24-26/h2-10,25-26H,1H3,(H2,23,24). The van der Waals surface area contributed by atoms with Gasteiger partial charge >= 0.3 is 0 Å². The van der Waals surface area contributed by atoms with Gasteiger partial charge in [0.2, 0.25) is 0 Å². The van der Waals surface area contributed by atoms with Crippen LogP contribution in [0.2, 0.25) is 5.02 Å². The molecule has 132 valence electrons. The predicted molar refractivity (Wildman–Crippen MR) is 101 cm³/mol. The van der Waals surface area contributed by atoms with Gasteiger partial charge in [0.1, 0.15) is 11.6 Å². The highest BCUT2D eigenvalue weighted by atomic mass is 35.5. The second kappa shape index (κ2) is 7.06. The van der Waals surface area contributed by atoms with Crippen LogP contribution in [0.4, 0.5) is 4.39 Å². The maximum Gasteiger partial charge on any atom is 0.170 e. The lowest BCUT2D eigenvalue weighted by atomic mass is 9.88. The van der Waals surface area contributed by atoms with Gasteiger partial charge in [-0.1, -0.05) is 35.0 Å². The van der Waals surface area contributed by atoms with E-state index in [1.165, 1.54) is 24.3 Å². The number of nitrogens with two attached hydrogens (primary N) is 1. The van der Waals surface area contributed by atoms with E-state index in [0.29, 0.717) is 21.7 Å². The first-order chi connectivity index (χ1) is 12.4. The van der Waals surface area contributed by atoms with Crippen molar-refractivity contribution >= 4 is 17.4 Å². The van der Waals surface area contributed by atoms with E-state index in [9.17, 15) is 9.50 Å². The fourth-order valence-corrected chi connectivity index (χ4v) is 3.06. The van der Waals surface area contributed by atoms with Crippen LogP contribution >= 0.6 is 11.6 Å². The van der Waals surface area contributed by atoms with Crippen molar-refractivity contribution in [1.29, 1.82) is 0 Å². The molecular weight excluding hydrogens is 355 g/mol. The average Bonchev–Trinajstić information content (AvgIpc) is 2.63. The lowest BCUT2D eigenvalue weighted by Gasteiger charge is -2.17. The maximum atomic E-state index is 14.3. The van der Waals surface area contributed by atoms with Crippen molar-refractivity contribution in [2.24, 2.45) is 10.9 Å². The second-order valence-corrected chi connectivity index (χ2v) is 6.30. The molecule has 0 fully saturated rings. The zero-order valence-corrected chi connectivity index (χ0v) is 14.6. The fraction of sp³-hybridized carbons (Fsp3) is 0.0500. The number of aryl methyl sites for hydroxylation is 1. The van der Waals surface area contributed by atoms with Gasteiger partial charge in [0.05, 0.1) is 0 Å². The van der Waals surface area contributed by atoms with Crippen LogP contribution in [-0.2, 0) is 0 Å². The molecule has 0 bridgehead atoms. The lowest BCUT2D eigenvalue weighted by molar-refractivity contribution is 0.318. The molecule has 0 aliphatic rings. The van der Waals surface area contributed by atoms with Crippen LogP contribution in [0.5, 0.6) is 5.75 Å². The first-order valence-electron chi connectivity index (χ1n) is 7.78.